The third kappa shape index (κ3) is 2.27. The van der Waals surface area contributed by atoms with Crippen molar-refractivity contribution >= 4 is 24.0 Å². The maximum absolute atomic E-state index is 5.82. The molecule has 0 radical (unpaired) electrons. The van der Waals surface area contributed by atoms with Gasteiger partial charge in [0.2, 0.25) is 0 Å². The summed E-state index contributed by atoms with van der Waals surface area (Å²) in [5, 5.41) is 10.2. The Balaban J connectivity index is 0.000000980. The van der Waals surface area contributed by atoms with Gasteiger partial charge in [0.1, 0.15) is 0 Å². The van der Waals surface area contributed by atoms with Crippen molar-refractivity contribution in [2.75, 3.05) is 13.1 Å². The second kappa shape index (κ2) is 4.79. The van der Waals surface area contributed by atoms with Gasteiger partial charge in [-0.15, -0.1) is 0 Å². The molecule has 1 aromatic carbocycles. The molecule has 0 spiro atoms. The van der Waals surface area contributed by atoms with Crippen LogP contribution in [0.3, 0.4) is 0 Å². The van der Waals surface area contributed by atoms with Crippen LogP contribution >= 0.6 is 11.6 Å². The van der Waals surface area contributed by atoms with E-state index >= 15 is 0 Å². The summed E-state index contributed by atoms with van der Waals surface area (Å²) in [4.78, 5) is 0. The standard InChI is InChI=1S/C10H10ClN2.Li/c1-7-6-8(11)2-3-9(7)10-12-4-5-13-10;/h2-3,6,12H,1,4-5H2;/q-1;+1/b10-9-;. The molecule has 1 saturated heterocycles. The van der Waals surface area contributed by atoms with Crippen molar-refractivity contribution in [3.63, 3.8) is 0 Å². The Morgan fingerprint density at radius 1 is 1.43 bits per heavy atom. The van der Waals surface area contributed by atoms with Gasteiger partial charge in [-0.3, -0.25) is 0 Å². The zero-order valence-corrected chi connectivity index (χ0v) is 8.93. The third-order valence-electron chi connectivity index (χ3n) is 2.00. The van der Waals surface area contributed by atoms with E-state index in [0.29, 0.717) is 5.02 Å². The predicted octanol–water partition coefficient (Wildman–Crippen LogP) is -2.20. The van der Waals surface area contributed by atoms with Crippen molar-refractivity contribution in [2.45, 2.75) is 0 Å². The number of halogens is 1. The van der Waals surface area contributed by atoms with E-state index in [0.717, 1.165) is 29.3 Å². The fourth-order valence-corrected chi connectivity index (χ4v) is 1.57. The SMILES string of the molecule is C=c1cc(Cl)cc/c1=C1/[N-]CCN1.[Li+]. The van der Waals surface area contributed by atoms with Crippen molar-refractivity contribution in [2.24, 2.45) is 0 Å². The first-order valence-corrected chi connectivity index (χ1v) is 4.55. The summed E-state index contributed by atoms with van der Waals surface area (Å²) in [5.41, 5.74) is 0. The Kier molecular flexibility index (Phi) is 3.94. The number of benzene rings is 1. The van der Waals surface area contributed by atoms with Crippen molar-refractivity contribution in [1.82, 2.24) is 5.32 Å². The van der Waals surface area contributed by atoms with Gasteiger partial charge in [0, 0.05) is 5.02 Å². The Morgan fingerprint density at radius 2 is 2.21 bits per heavy atom. The first-order chi connectivity index (χ1) is 6.27. The van der Waals surface area contributed by atoms with E-state index in [1.165, 1.54) is 0 Å². The first kappa shape index (κ1) is 11.5. The Labute approximate surface area is 100 Å². The maximum Gasteiger partial charge on any atom is 1.00 e. The molecule has 1 fully saturated rings. The number of hydrogen-bond acceptors (Lipinski definition) is 1. The zero-order chi connectivity index (χ0) is 9.26. The second-order valence-corrected chi connectivity index (χ2v) is 3.40. The fraction of sp³-hybridized carbons (Fsp3) is 0.200. The molecule has 1 N–H and O–H groups in total. The zero-order valence-electron chi connectivity index (χ0n) is 8.18. The molecule has 2 nitrogen and oxygen atoms in total. The molecule has 68 valence electrons. The van der Waals surface area contributed by atoms with E-state index in [4.69, 9.17) is 11.6 Å². The minimum absolute atomic E-state index is 0. The number of nitrogens with one attached hydrogen (secondary N) is 1. The fourth-order valence-electron chi connectivity index (χ4n) is 1.37. The van der Waals surface area contributed by atoms with E-state index in [9.17, 15) is 0 Å². The molecule has 2 rings (SSSR count). The molecule has 1 aliphatic heterocycles. The molecular formula is C10H10ClLiN2. The van der Waals surface area contributed by atoms with Crippen LogP contribution in [0.25, 0.3) is 17.7 Å². The van der Waals surface area contributed by atoms with Crippen molar-refractivity contribution in [3.05, 3.63) is 39.0 Å². The largest absolute Gasteiger partial charge is 1.00 e. The maximum atomic E-state index is 5.82. The topological polar surface area (TPSA) is 26.1 Å². The van der Waals surface area contributed by atoms with E-state index in [-0.39, 0.29) is 18.9 Å². The van der Waals surface area contributed by atoms with Crippen LogP contribution in [0.1, 0.15) is 0 Å². The average Bonchev–Trinajstić information content (AvgIpc) is 2.56. The molecule has 14 heavy (non-hydrogen) atoms. The van der Waals surface area contributed by atoms with E-state index < -0.39 is 0 Å². The summed E-state index contributed by atoms with van der Waals surface area (Å²) in [6.07, 6.45) is 0. The van der Waals surface area contributed by atoms with Gasteiger partial charge >= 0.3 is 18.9 Å². The summed E-state index contributed by atoms with van der Waals surface area (Å²) in [7, 11) is 0. The Bertz CT molecular complexity index is 422. The van der Waals surface area contributed by atoms with Crippen LogP contribution in [0.4, 0.5) is 0 Å². The van der Waals surface area contributed by atoms with Gasteiger partial charge in [-0.25, -0.2) is 0 Å². The number of rotatable bonds is 0. The molecule has 1 aromatic rings. The Morgan fingerprint density at radius 3 is 2.79 bits per heavy atom. The van der Waals surface area contributed by atoms with Gasteiger partial charge in [-0.2, -0.15) is 0 Å². The summed E-state index contributed by atoms with van der Waals surface area (Å²) < 4.78 is 0. The molecule has 1 heterocycles. The molecule has 4 heteroatoms. The monoisotopic (exact) mass is 200 g/mol. The molecule has 1 aliphatic rings. The van der Waals surface area contributed by atoms with Crippen molar-refractivity contribution < 1.29 is 18.9 Å². The minimum atomic E-state index is 0. The quantitative estimate of drug-likeness (QED) is 0.473. The molecule has 0 atom stereocenters. The van der Waals surface area contributed by atoms with E-state index in [1.54, 1.807) is 0 Å². The van der Waals surface area contributed by atoms with Crippen LogP contribution in [-0.2, 0) is 0 Å². The van der Waals surface area contributed by atoms with E-state index in [2.05, 4.69) is 17.2 Å². The normalized spacial score (nSPS) is 18.1. The summed E-state index contributed by atoms with van der Waals surface area (Å²) in [5.74, 6) is 0.932. The molecule has 0 saturated carbocycles. The van der Waals surface area contributed by atoms with Gasteiger partial charge < -0.3 is 10.6 Å². The van der Waals surface area contributed by atoms with Crippen LogP contribution in [-0.4, -0.2) is 13.1 Å². The van der Waals surface area contributed by atoms with Crippen LogP contribution < -0.4 is 34.6 Å². The molecule has 0 aliphatic carbocycles. The van der Waals surface area contributed by atoms with Crippen LogP contribution in [0.2, 0.25) is 5.02 Å². The summed E-state index contributed by atoms with van der Waals surface area (Å²) in [6.45, 7) is 5.68. The number of nitrogens with zero attached hydrogens (tertiary/aromatic N) is 1. The van der Waals surface area contributed by atoms with Gasteiger partial charge in [0.05, 0.1) is 0 Å². The first-order valence-electron chi connectivity index (χ1n) is 4.17. The molecular weight excluding hydrogens is 191 g/mol. The molecule has 0 unspecified atom stereocenters. The smallest absolute Gasteiger partial charge is 0.481 e. The van der Waals surface area contributed by atoms with Crippen LogP contribution in [0, 0.1) is 0 Å². The van der Waals surface area contributed by atoms with E-state index in [1.807, 2.05) is 18.2 Å². The average molecular weight is 201 g/mol. The van der Waals surface area contributed by atoms with Crippen LogP contribution in [0.5, 0.6) is 0 Å². The Hall–Kier alpha value is -0.553. The third-order valence-corrected chi connectivity index (χ3v) is 2.23. The van der Waals surface area contributed by atoms with Crippen molar-refractivity contribution in [1.29, 1.82) is 0 Å². The van der Waals surface area contributed by atoms with Gasteiger partial charge in [0.25, 0.3) is 0 Å². The molecule has 0 bridgehead atoms. The van der Waals surface area contributed by atoms with Crippen LogP contribution in [0.15, 0.2) is 18.2 Å². The summed E-state index contributed by atoms with van der Waals surface area (Å²) in [6, 6.07) is 5.65. The van der Waals surface area contributed by atoms with Gasteiger partial charge in [-0.05, 0) is 22.6 Å². The summed E-state index contributed by atoms with van der Waals surface area (Å²) >= 11 is 5.82. The van der Waals surface area contributed by atoms with Crippen molar-refractivity contribution in [3.8, 4) is 0 Å². The molecule has 0 aromatic heterocycles. The van der Waals surface area contributed by atoms with Gasteiger partial charge in [0.15, 0.2) is 0 Å². The second-order valence-electron chi connectivity index (χ2n) is 2.96. The number of hydrogen-bond donors (Lipinski definition) is 1. The van der Waals surface area contributed by atoms with Gasteiger partial charge in [-0.1, -0.05) is 43.2 Å². The minimum Gasteiger partial charge on any atom is -0.481 e. The molecule has 0 amide bonds. The predicted molar refractivity (Wildman–Crippen MR) is 55.9 cm³/mol.